The highest BCUT2D eigenvalue weighted by Gasteiger charge is 2.21. The molecule has 1 heterocycles. The molecule has 1 aromatic heterocycles. The van der Waals surface area contributed by atoms with Gasteiger partial charge in [0.25, 0.3) is 5.91 Å². The monoisotopic (exact) mass is 454 g/mol. The highest BCUT2D eigenvalue weighted by Crippen LogP contribution is 2.38. The van der Waals surface area contributed by atoms with Crippen molar-refractivity contribution in [2.45, 2.75) is 26.3 Å². The van der Waals surface area contributed by atoms with Crippen molar-refractivity contribution in [1.29, 1.82) is 0 Å². The molecule has 0 unspecified atom stereocenters. The molecule has 0 spiro atoms. The predicted molar refractivity (Wildman–Crippen MR) is 125 cm³/mol. The number of methoxy groups -OCH3 is 3. The summed E-state index contributed by atoms with van der Waals surface area (Å²) in [6, 6.07) is 10.5. The molecule has 2 amide bonds. The Morgan fingerprint density at radius 1 is 1.03 bits per heavy atom. The molecule has 176 valence electrons. The van der Waals surface area contributed by atoms with Gasteiger partial charge in [-0.05, 0) is 36.6 Å². The number of H-pyrrole nitrogens is 1. The van der Waals surface area contributed by atoms with Crippen molar-refractivity contribution < 1.29 is 23.8 Å². The summed E-state index contributed by atoms with van der Waals surface area (Å²) in [5, 5.41) is 5.62. The lowest BCUT2D eigenvalue weighted by atomic mass is 10.0. The van der Waals surface area contributed by atoms with Gasteiger partial charge in [-0.15, -0.1) is 0 Å². The average molecular weight is 455 g/mol. The van der Waals surface area contributed by atoms with Crippen LogP contribution in [0.4, 0.5) is 0 Å². The van der Waals surface area contributed by atoms with Gasteiger partial charge in [0.1, 0.15) is 5.82 Å². The van der Waals surface area contributed by atoms with Crippen molar-refractivity contribution in [2.75, 3.05) is 27.9 Å². The topological polar surface area (TPSA) is 115 Å². The number of fused-ring (bicyclic) bond motifs is 1. The lowest BCUT2D eigenvalue weighted by Gasteiger charge is -2.19. The van der Waals surface area contributed by atoms with Crippen LogP contribution in [-0.2, 0) is 4.79 Å². The number of nitrogens with zero attached hydrogens (tertiary/aromatic N) is 1. The number of aromatic amines is 1. The molecule has 33 heavy (non-hydrogen) atoms. The highest BCUT2D eigenvalue weighted by atomic mass is 16.5. The van der Waals surface area contributed by atoms with Crippen molar-refractivity contribution in [2.24, 2.45) is 5.92 Å². The first kappa shape index (κ1) is 23.9. The summed E-state index contributed by atoms with van der Waals surface area (Å²) in [6.07, 6.45) is 0.701. The van der Waals surface area contributed by atoms with Gasteiger partial charge in [0.05, 0.1) is 44.9 Å². The van der Waals surface area contributed by atoms with E-state index < -0.39 is 5.91 Å². The summed E-state index contributed by atoms with van der Waals surface area (Å²) in [6.45, 7) is 3.96. The quantitative estimate of drug-likeness (QED) is 0.433. The zero-order valence-electron chi connectivity index (χ0n) is 19.5. The third-order valence-electron chi connectivity index (χ3n) is 5.12. The van der Waals surface area contributed by atoms with E-state index in [0.29, 0.717) is 35.4 Å². The number of ether oxygens (including phenoxy) is 3. The lowest BCUT2D eigenvalue weighted by Crippen LogP contribution is -2.39. The molecule has 9 heteroatoms. The van der Waals surface area contributed by atoms with Crippen LogP contribution in [0, 0.1) is 5.92 Å². The highest BCUT2D eigenvalue weighted by molar-refractivity contribution is 5.97. The number of benzene rings is 2. The Morgan fingerprint density at radius 2 is 1.70 bits per heavy atom. The number of carbonyl (C=O) groups is 2. The van der Waals surface area contributed by atoms with E-state index in [2.05, 4.69) is 34.4 Å². The number of aromatic nitrogens is 2. The van der Waals surface area contributed by atoms with Crippen LogP contribution in [0.5, 0.6) is 17.2 Å². The second kappa shape index (κ2) is 10.7. The van der Waals surface area contributed by atoms with E-state index >= 15 is 0 Å². The van der Waals surface area contributed by atoms with Gasteiger partial charge in [-0.2, -0.15) is 0 Å². The van der Waals surface area contributed by atoms with Crippen LogP contribution in [0.2, 0.25) is 0 Å². The fourth-order valence-electron chi connectivity index (χ4n) is 3.57. The predicted octanol–water partition coefficient (Wildman–Crippen LogP) is 3.22. The number of amides is 2. The summed E-state index contributed by atoms with van der Waals surface area (Å²) in [7, 11) is 4.43. The van der Waals surface area contributed by atoms with Gasteiger partial charge < -0.3 is 29.8 Å². The van der Waals surface area contributed by atoms with E-state index in [1.54, 1.807) is 0 Å². The van der Waals surface area contributed by atoms with Gasteiger partial charge in [-0.1, -0.05) is 26.0 Å². The number of rotatable bonds is 10. The van der Waals surface area contributed by atoms with Crippen LogP contribution in [0.25, 0.3) is 11.0 Å². The van der Waals surface area contributed by atoms with Gasteiger partial charge in [-0.3, -0.25) is 9.59 Å². The fraction of sp³-hybridized carbons (Fsp3) is 0.375. The molecule has 9 nitrogen and oxygen atoms in total. The summed E-state index contributed by atoms with van der Waals surface area (Å²) in [5.74, 6) is 1.36. The first-order valence-electron chi connectivity index (χ1n) is 10.7. The number of carbonyl (C=O) groups excluding carboxylic acids is 2. The molecule has 3 rings (SSSR count). The summed E-state index contributed by atoms with van der Waals surface area (Å²) in [5.41, 5.74) is 2.03. The van der Waals surface area contributed by atoms with Gasteiger partial charge in [0.15, 0.2) is 11.5 Å². The van der Waals surface area contributed by atoms with Crippen molar-refractivity contribution in [1.82, 2.24) is 20.6 Å². The minimum absolute atomic E-state index is 0.190. The Kier molecular flexibility index (Phi) is 7.76. The summed E-state index contributed by atoms with van der Waals surface area (Å²) >= 11 is 0. The number of imidazole rings is 1. The van der Waals surface area contributed by atoms with Gasteiger partial charge in [-0.25, -0.2) is 4.98 Å². The third kappa shape index (κ3) is 5.74. The number of hydrogen-bond acceptors (Lipinski definition) is 6. The molecule has 0 aliphatic rings. The molecule has 2 aromatic carbocycles. The molecule has 0 aliphatic heterocycles. The zero-order valence-corrected chi connectivity index (χ0v) is 19.5. The minimum atomic E-state index is -0.437. The smallest absolute Gasteiger partial charge is 0.251 e. The Hall–Kier alpha value is -3.75. The Labute approximate surface area is 192 Å². The van der Waals surface area contributed by atoms with E-state index in [1.165, 1.54) is 33.5 Å². The van der Waals surface area contributed by atoms with Crippen LogP contribution in [0.3, 0.4) is 0 Å². The molecule has 3 aromatic rings. The second-order valence-electron chi connectivity index (χ2n) is 7.99. The van der Waals surface area contributed by atoms with E-state index in [1.807, 2.05) is 24.3 Å². The van der Waals surface area contributed by atoms with Crippen LogP contribution in [-0.4, -0.2) is 49.7 Å². The van der Waals surface area contributed by atoms with Crippen molar-refractivity contribution in [3.63, 3.8) is 0 Å². The maximum atomic E-state index is 12.7. The van der Waals surface area contributed by atoms with Gasteiger partial charge in [0, 0.05) is 5.56 Å². The van der Waals surface area contributed by atoms with Crippen molar-refractivity contribution >= 4 is 22.8 Å². The van der Waals surface area contributed by atoms with Crippen molar-refractivity contribution in [3.8, 4) is 17.2 Å². The molecule has 0 saturated carbocycles. The normalized spacial score (nSPS) is 11.8. The third-order valence-corrected chi connectivity index (χ3v) is 5.12. The van der Waals surface area contributed by atoms with E-state index in [0.717, 1.165) is 11.0 Å². The van der Waals surface area contributed by atoms with Gasteiger partial charge in [0.2, 0.25) is 11.7 Å². The molecule has 0 bridgehead atoms. The minimum Gasteiger partial charge on any atom is -0.493 e. The second-order valence-corrected chi connectivity index (χ2v) is 7.99. The van der Waals surface area contributed by atoms with Crippen LogP contribution in [0.15, 0.2) is 36.4 Å². The molecule has 0 radical (unpaired) electrons. The lowest BCUT2D eigenvalue weighted by molar-refractivity contribution is -0.121. The van der Waals surface area contributed by atoms with Crippen molar-refractivity contribution in [3.05, 3.63) is 47.8 Å². The maximum absolute atomic E-state index is 12.7. The largest absolute Gasteiger partial charge is 0.493 e. The molecule has 0 saturated heterocycles. The average Bonchev–Trinajstić information content (AvgIpc) is 3.25. The first-order valence-corrected chi connectivity index (χ1v) is 10.7. The summed E-state index contributed by atoms with van der Waals surface area (Å²) < 4.78 is 15.8. The molecule has 0 aliphatic carbocycles. The Morgan fingerprint density at radius 3 is 2.27 bits per heavy atom. The summed E-state index contributed by atoms with van der Waals surface area (Å²) in [4.78, 5) is 33.2. The zero-order chi connectivity index (χ0) is 24.0. The standard InChI is InChI=1S/C24H30N4O5/c1-14(2)10-18(23-27-16-8-6-7-9-17(16)28-23)26-21(29)13-25-24(30)15-11-19(31-3)22(33-5)20(12-15)32-4/h6-9,11-12,14,18H,10,13H2,1-5H3,(H,25,30)(H,26,29)(H,27,28)/t18-/m0/s1. The Balaban J connectivity index is 1.69. The molecular formula is C24H30N4O5. The van der Waals surface area contributed by atoms with E-state index in [4.69, 9.17) is 14.2 Å². The van der Waals surface area contributed by atoms with Crippen LogP contribution in [0.1, 0.15) is 42.5 Å². The molecule has 0 fully saturated rings. The Bertz CT molecular complexity index is 1070. The molecule has 1 atom stereocenters. The number of para-hydroxylation sites is 2. The SMILES string of the molecule is COc1cc(C(=O)NCC(=O)N[C@@H](CC(C)C)c2nc3ccccc3[nH]2)cc(OC)c1OC. The molecule has 3 N–H and O–H groups in total. The van der Waals surface area contributed by atoms with Gasteiger partial charge >= 0.3 is 0 Å². The number of nitrogens with one attached hydrogen (secondary N) is 3. The number of hydrogen-bond donors (Lipinski definition) is 3. The van der Waals surface area contributed by atoms with E-state index in [-0.39, 0.29) is 24.1 Å². The van der Waals surface area contributed by atoms with Crippen LogP contribution >= 0.6 is 0 Å². The fourth-order valence-corrected chi connectivity index (χ4v) is 3.57. The maximum Gasteiger partial charge on any atom is 0.251 e. The van der Waals surface area contributed by atoms with E-state index in [9.17, 15) is 9.59 Å². The molecular weight excluding hydrogens is 424 g/mol. The first-order chi connectivity index (χ1) is 15.9. The van der Waals surface area contributed by atoms with Crippen LogP contribution < -0.4 is 24.8 Å².